The van der Waals surface area contributed by atoms with E-state index in [1.165, 1.54) is 12.1 Å². The number of nitrogens with zero attached hydrogens (tertiary/aromatic N) is 1. The Labute approximate surface area is 153 Å². The van der Waals surface area contributed by atoms with Gasteiger partial charge in [-0.1, -0.05) is 36.4 Å². The average Bonchev–Trinajstić information content (AvgIpc) is 2.62. The maximum absolute atomic E-state index is 12.9. The first-order chi connectivity index (χ1) is 12.4. The van der Waals surface area contributed by atoms with Gasteiger partial charge in [0.15, 0.2) is 0 Å². The lowest BCUT2D eigenvalue weighted by Crippen LogP contribution is -2.26. The molecule has 0 heterocycles. The van der Waals surface area contributed by atoms with Crippen molar-refractivity contribution in [1.29, 1.82) is 0 Å². The minimum absolute atomic E-state index is 0.248. The number of hydrogen-bond donors (Lipinski definition) is 1. The number of rotatable bonds is 6. The molecule has 0 aromatic heterocycles. The summed E-state index contributed by atoms with van der Waals surface area (Å²) in [5.41, 5.74) is 1.84. The van der Waals surface area contributed by atoms with Crippen LogP contribution in [-0.2, 0) is 16.4 Å². The van der Waals surface area contributed by atoms with Gasteiger partial charge < -0.3 is 4.90 Å². The maximum Gasteiger partial charge on any atom is 0.241 e. The molecule has 0 saturated carbocycles. The fourth-order valence-corrected chi connectivity index (χ4v) is 4.20. The van der Waals surface area contributed by atoms with Gasteiger partial charge in [-0.05, 0) is 36.2 Å². The van der Waals surface area contributed by atoms with Crippen LogP contribution in [0.25, 0.3) is 10.8 Å². The van der Waals surface area contributed by atoms with Crippen molar-refractivity contribution in [2.75, 3.05) is 25.5 Å². The summed E-state index contributed by atoms with van der Waals surface area (Å²) in [4.78, 5) is 2.22. The van der Waals surface area contributed by atoms with Gasteiger partial charge in [0, 0.05) is 37.1 Å². The van der Waals surface area contributed by atoms with E-state index in [0.717, 1.165) is 16.6 Å². The minimum atomic E-state index is -3.65. The molecule has 26 heavy (non-hydrogen) atoms. The van der Waals surface area contributed by atoms with Crippen LogP contribution in [0.15, 0.2) is 65.6 Å². The first-order valence-electron chi connectivity index (χ1n) is 8.32. The van der Waals surface area contributed by atoms with Gasteiger partial charge in [0.2, 0.25) is 10.0 Å². The number of anilines is 1. The molecule has 0 amide bonds. The summed E-state index contributed by atoms with van der Waals surface area (Å²) in [6.07, 6.45) is 0.493. The molecule has 3 aromatic carbocycles. The van der Waals surface area contributed by atoms with E-state index in [0.29, 0.717) is 11.8 Å². The fraction of sp³-hybridized carbons (Fsp3) is 0.200. The third kappa shape index (κ3) is 3.86. The molecule has 3 aromatic rings. The summed E-state index contributed by atoms with van der Waals surface area (Å²) in [5, 5.41) is 1.58. The zero-order valence-corrected chi connectivity index (χ0v) is 15.6. The quantitative estimate of drug-likeness (QED) is 0.720. The molecule has 0 aliphatic rings. The number of fused-ring (bicyclic) bond motifs is 1. The monoisotopic (exact) mass is 372 g/mol. The second kappa shape index (κ2) is 7.43. The van der Waals surface area contributed by atoms with E-state index < -0.39 is 10.0 Å². The van der Waals surface area contributed by atoms with E-state index in [9.17, 15) is 12.8 Å². The van der Waals surface area contributed by atoms with Crippen LogP contribution < -0.4 is 9.62 Å². The fourth-order valence-electron chi connectivity index (χ4n) is 2.95. The van der Waals surface area contributed by atoms with Crippen LogP contribution in [0.5, 0.6) is 0 Å². The zero-order valence-electron chi connectivity index (χ0n) is 14.7. The summed E-state index contributed by atoms with van der Waals surface area (Å²) >= 11 is 0. The topological polar surface area (TPSA) is 49.4 Å². The molecule has 4 nitrogen and oxygen atoms in total. The molecule has 136 valence electrons. The van der Waals surface area contributed by atoms with Gasteiger partial charge in [-0.3, -0.25) is 0 Å². The number of benzene rings is 3. The SMILES string of the molecule is CN(C)c1cccc2c(S(=O)(=O)NCCc3ccc(F)cc3)cccc12. The van der Waals surface area contributed by atoms with Crippen LogP contribution in [0.2, 0.25) is 0 Å². The molecule has 1 N–H and O–H groups in total. The average molecular weight is 372 g/mol. The highest BCUT2D eigenvalue weighted by Gasteiger charge is 2.18. The summed E-state index contributed by atoms with van der Waals surface area (Å²) in [7, 11) is 0.205. The van der Waals surface area contributed by atoms with Crippen molar-refractivity contribution >= 4 is 26.5 Å². The molecule has 3 rings (SSSR count). The molecule has 0 fully saturated rings. The van der Waals surface area contributed by atoms with Crippen molar-refractivity contribution in [3.05, 3.63) is 72.0 Å². The molecule has 0 bridgehead atoms. The second-order valence-electron chi connectivity index (χ2n) is 6.30. The lowest BCUT2D eigenvalue weighted by Gasteiger charge is -2.17. The Bertz CT molecular complexity index is 1020. The summed E-state index contributed by atoms with van der Waals surface area (Å²) in [5.74, 6) is -0.304. The van der Waals surface area contributed by atoms with Crippen molar-refractivity contribution in [3.63, 3.8) is 0 Å². The van der Waals surface area contributed by atoms with Crippen molar-refractivity contribution in [2.24, 2.45) is 0 Å². The first-order valence-corrected chi connectivity index (χ1v) is 9.80. The zero-order chi connectivity index (χ0) is 18.7. The number of halogens is 1. The lowest BCUT2D eigenvalue weighted by atomic mass is 10.1. The van der Waals surface area contributed by atoms with E-state index >= 15 is 0 Å². The van der Waals surface area contributed by atoms with Gasteiger partial charge in [0.25, 0.3) is 0 Å². The Hall–Kier alpha value is -2.44. The van der Waals surface area contributed by atoms with Crippen molar-refractivity contribution in [1.82, 2.24) is 4.72 Å². The highest BCUT2D eigenvalue weighted by molar-refractivity contribution is 7.89. The van der Waals surface area contributed by atoms with Gasteiger partial charge in [0.05, 0.1) is 4.90 Å². The largest absolute Gasteiger partial charge is 0.377 e. The molecule has 0 atom stereocenters. The predicted octanol–water partition coefficient (Wildman–Crippen LogP) is 3.57. The Morgan fingerprint density at radius 1 is 0.923 bits per heavy atom. The van der Waals surface area contributed by atoms with E-state index in [4.69, 9.17) is 0 Å². The van der Waals surface area contributed by atoms with Crippen LogP contribution in [0, 0.1) is 5.82 Å². The molecule has 0 saturated heterocycles. The Morgan fingerprint density at radius 2 is 1.58 bits per heavy atom. The number of nitrogens with one attached hydrogen (secondary N) is 1. The van der Waals surface area contributed by atoms with Gasteiger partial charge in [-0.2, -0.15) is 0 Å². The van der Waals surface area contributed by atoms with Gasteiger partial charge in [0.1, 0.15) is 5.82 Å². The van der Waals surface area contributed by atoms with Crippen LogP contribution in [0.1, 0.15) is 5.56 Å². The van der Waals surface area contributed by atoms with Crippen LogP contribution in [0.4, 0.5) is 10.1 Å². The van der Waals surface area contributed by atoms with Gasteiger partial charge in [-0.15, -0.1) is 0 Å². The third-order valence-electron chi connectivity index (χ3n) is 4.25. The Kier molecular flexibility index (Phi) is 5.25. The van der Waals surface area contributed by atoms with E-state index in [1.54, 1.807) is 24.3 Å². The van der Waals surface area contributed by atoms with E-state index in [1.807, 2.05) is 43.3 Å². The molecule has 0 aliphatic carbocycles. The molecule has 6 heteroatoms. The summed E-state index contributed by atoms with van der Waals surface area (Å²) in [6, 6.07) is 17.0. The number of sulfonamides is 1. The Balaban J connectivity index is 1.85. The smallest absolute Gasteiger partial charge is 0.241 e. The molecule has 0 spiro atoms. The van der Waals surface area contributed by atoms with Gasteiger partial charge in [-0.25, -0.2) is 17.5 Å². The molecule has 0 radical (unpaired) electrons. The van der Waals surface area contributed by atoms with Crippen LogP contribution >= 0.6 is 0 Å². The molecule has 0 unspecified atom stereocenters. The molecular formula is C20H21FN2O2S. The molecular weight excluding hydrogens is 351 g/mol. The van der Waals surface area contributed by atoms with Crippen molar-refractivity contribution in [2.45, 2.75) is 11.3 Å². The summed E-state index contributed by atoms with van der Waals surface area (Å²) in [6.45, 7) is 0.248. The lowest BCUT2D eigenvalue weighted by molar-refractivity contribution is 0.582. The number of hydrogen-bond acceptors (Lipinski definition) is 3. The standard InChI is InChI=1S/C20H21FN2O2S/c1-23(2)19-7-3-6-18-17(19)5-4-8-20(18)26(24,25)22-14-13-15-9-11-16(21)12-10-15/h3-12,22H,13-14H2,1-2H3. The van der Waals surface area contributed by atoms with Crippen molar-refractivity contribution in [3.8, 4) is 0 Å². The minimum Gasteiger partial charge on any atom is -0.377 e. The van der Waals surface area contributed by atoms with E-state index in [2.05, 4.69) is 4.72 Å². The van der Waals surface area contributed by atoms with Crippen molar-refractivity contribution < 1.29 is 12.8 Å². The maximum atomic E-state index is 12.9. The third-order valence-corrected chi connectivity index (χ3v) is 5.77. The highest BCUT2D eigenvalue weighted by Crippen LogP contribution is 2.30. The van der Waals surface area contributed by atoms with Crippen LogP contribution in [0.3, 0.4) is 0 Å². The normalized spacial score (nSPS) is 11.7. The van der Waals surface area contributed by atoms with Crippen LogP contribution in [-0.4, -0.2) is 29.1 Å². The highest BCUT2D eigenvalue weighted by atomic mass is 32.2. The van der Waals surface area contributed by atoms with E-state index in [-0.39, 0.29) is 17.3 Å². The van der Waals surface area contributed by atoms with Gasteiger partial charge >= 0.3 is 0 Å². The molecule has 0 aliphatic heterocycles. The Morgan fingerprint density at radius 3 is 2.27 bits per heavy atom. The second-order valence-corrected chi connectivity index (χ2v) is 8.03. The predicted molar refractivity (Wildman–Crippen MR) is 104 cm³/mol. The first kappa shape index (κ1) is 18.4. The summed E-state index contributed by atoms with van der Waals surface area (Å²) < 4.78 is 41.2.